The van der Waals surface area contributed by atoms with Crippen molar-refractivity contribution in [3.8, 4) is 0 Å². The Morgan fingerprint density at radius 3 is 2.48 bits per heavy atom. The van der Waals surface area contributed by atoms with Gasteiger partial charge in [-0.25, -0.2) is 9.67 Å². The number of aromatic nitrogens is 3. The van der Waals surface area contributed by atoms with Crippen molar-refractivity contribution in [1.29, 1.82) is 0 Å². The Morgan fingerprint density at radius 1 is 1.17 bits per heavy atom. The second-order valence-corrected chi connectivity index (χ2v) is 6.01. The van der Waals surface area contributed by atoms with E-state index in [1.165, 1.54) is 0 Å². The highest BCUT2D eigenvalue weighted by atomic mass is 35.5. The highest BCUT2D eigenvalue weighted by Crippen LogP contribution is 2.31. The summed E-state index contributed by atoms with van der Waals surface area (Å²) in [4.78, 5) is 16.9. The lowest BCUT2D eigenvalue weighted by Crippen LogP contribution is -2.12. The fourth-order valence-electron chi connectivity index (χ4n) is 2.55. The molecule has 6 heteroatoms. The predicted octanol–water partition coefficient (Wildman–Crippen LogP) is 3.80. The van der Waals surface area contributed by atoms with E-state index in [1.807, 2.05) is 32.9 Å². The molecule has 1 N–H and O–H groups in total. The number of carbonyl (C=O) groups excluding carboxylic acids is 1. The van der Waals surface area contributed by atoms with Crippen molar-refractivity contribution in [2.75, 3.05) is 5.32 Å². The summed E-state index contributed by atoms with van der Waals surface area (Å²) < 4.78 is 1.65. The third-order valence-corrected chi connectivity index (χ3v) is 4.42. The summed E-state index contributed by atoms with van der Waals surface area (Å²) in [5.74, 6) is 0.265. The van der Waals surface area contributed by atoms with Gasteiger partial charge in [0.2, 0.25) is 0 Å². The Hall–Kier alpha value is -2.40. The second kappa shape index (κ2) is 5.66. The Labute approximate surface area is 139 Å². The quantitative estimate of drug-likeness (QED) is 0.778. The average Bonchev–Trinajstić information content (AvgIpc) is 2.81. The standard InChI is InChI=1S/C17H17ClN4O/c1-9-5-7-12(8-6-9)17(23)20-15-13-10(2)14(18)11(3)19-16(13)22(4)21-15/h5-8H,1-4H3,(H,20,21,23). The highest BCUT2D eigenvalue weighted by Gasteiger charge is 2.18. The number of nitrogens with one attached hydrogen (secondary N) is 1. The number of aryl methyl sites for hydroxylation is 4. The van der Waals surface area contributed by atoms with Crippen molar-refractivity contribution in [3.05, 3.63) is 51.7 Å². The van der Waals surface area contributed by atoms with Crippen LogP contribution in [0.5, 0.6) is 0 Å². The summed E-state index contributed by atoms with van der Waals surface area (Å²) in [5, 5.41) is 8.60. The van der Waals surface area contributed by atoms with Gasteiger partial charge >= 0.3 is 0 Å². The van der Waals surface area contributed by atoms with Crippen LogP contribution >= 0.6 is 11.6 Å². The van der Waals surface area contributed by atoms with Crippen molar-refractivity contribution < 1.29 is 4.79 Å². The van der Waals surface area contributed by atoms with E-state index < -0.39 is 0 Å². The number of carbonyl (C=O) groups is 1. The maximum atomic E-state index is 12.4. The van der Waals surface area contributed by atoms with Crippen LogP contribution in [0.15, 0.2) is 24.3 Å². The Bertz CT molecular complexity index is 913. The molecule has 0 fully saturated rings. The van der Waals surface area contributed by atoms with E-state index in [2.05, 4.69) is 15.4 Å². The minimum Gasteiger partial charge on any atom is -0.304 e. The molecule has 3 rings (SSSR count). The molecule has 2 aromatic heterocycles. The molecule has 0 aliphatic carbocycles. The molecular weight excluding hydrogens is 312 g/mol. The van der Waals surface area contributed by atoms with E-state index in [0.29, 0.717) is 22.1 Å². The third kappa shape index (κ3) is 2.68. The largest absolute Gasteiger partial charge is 0.304 e. The first-order chi connectivity index (χ1) is 10.9. The molecule has 1 aromatic carbocycles. The zero-order valence-corrected chi connectivity index (χ0v) is 14.2. The van der Waals surface area contributed by atoms with Crippen LogP contribution in [0.1, 0.15) is 27.2 Å². The number of rotatable bonds is 2. The number of hydrogen-bond acceptors (Lipinski definition) is 3. The summed E-state index contributed by atoms with van der Waals surface area (Å²) in [5.41, 5.74) is 3.99. The molecule has 3 aromatic rings. The van der Waals surface area contributed by atoms with Crippen LogP contribution in [0.2, 0.25) is 5.02 Å². The van der Waals surface area contributed by atoms with Crippen molar-refractivity contribution in [1.82, 2.24) is 14.8 Å². The zero-order valence-electron chi connectivity index (χ0n) is 13.4. The lowest BCUT2D eigenvalue weighted by atomic mass is 10.1. The topological polar surface area (TPSA) is 59.8 Å². The lowest BCUT2D eigenvalue weighted by Gasteiger charge is -2.06. The number of nitrogens with zero attached hydrogens (tertiary/aromatic N) is 3. The zero-order chi connectivity index (χ0) is 16.7. The van der Waals surface area contributed by atoms with E-state index in [0.717, 1.165) is 22.2 Å². The first-order valence-corrected chi connectivity index (χ1v) is 7.63. The summed E-state index contributed by atoms with van der Waals surface area (Å²) in [7, 11) is 1.80. The minimum absolute atomic E-state index is 0.207. The van der Waals surface area contributed by atoms with E-state index in [9.17, 15) is 4.79 Å². The Morgan fingerprint density at radius 2 is 1.83 bits per heavy atom. The first kappa shape index (κ1) is 15.5. The molecule has 0 saturated heterocycles. The molecule has 118 valence electrons. The van der Waals surface area contributed by atoms with Gasteiger partial charge < -0.3 is 5.32 Å². The number of halogens is 1. The van der Waals surface area contributed by atoms with Gasteiger partial charge in [0.15, 0.2) is 11.5 Å². The fraction of sp³-hybridized carbons (Fsp3) is 0.235. The van der Waals surface area contributed by atoms with Crippen molar-refractivity contribution in [3.63, 3.8) is 0 Å². The molecule has 0 saturated carbocycles. The number of fused-ring (bicyclic) bond motifs is 1. The predicted molar refractivity (Wildman–Crippen MR) is 92.1 cm³/mol. The molecule has 0 aliphatic rings. The maximum Gasteiger partial charge on any atom is 0.256 e. The van der Waals surface area contributed by atoms with Gasteiger partial charge in [0, 0.05) is 12.6 Å². The molecule has 5 nitrogen and oxygen atoms in total. The molecule has 0 bridgehead atoms. The summed E-state index contributed by atoms with van der Waals surface area (Å²) in [6, 6.07) is 7.38. The fourth-order valence-corrected chi connectivity index (χ4v) is 2.69. The molecule has 2 heterocycles. The average molecular weight is 329 g/mol. The third-order valence-electron chi connectivity index (χ3n) is 3.86. The van der Waals surface area contributed by atoms with E-state index in [-0.39, 0.29) is 5.91 Å². The molecule has 0 unspecified atom stereocenters. The van der Waals surface area contributed by atoms with Gasteiger partial charge in [-0.05, 0) is 38.5 Å². The minimum atomic E-state index is -0.207. The molecule has 1 amide bonds. The van der Waals surface area contributed by atoms with Gasteiger partial charge in [-0.15, -0.1) is 0 Å². The summed E-state index contributed by atoms with van der Waals surface area (Å²) in [6.45, 7) is 5.74. The first-order valence-electron chi connectivity index (χ1n) is 7.26. The Balaban J connectivity index is 2.05. The monoisotopic (exact) mass is 328 g/mol. The van der Waals surface area contributed by atoms with Gasteiger partial charge in [-0.1, -0.05) is 29.3 Å². The highest BCUT2D eigenvalue weighted by molar-refractivity contribution is 6.33. The molecule has 0 spiro atoms. The SMILES string of the molecule is Cc1ccc(C(=O)Nc2nn(C)c3nc(C)c(Cl)c(C)c23)cc1. The summed E-state index contributed by atoms with van der Waals surface area (Å²) >= 11 is 6.30. The maximum absolute atomic E-state index is 12.4. The van der Waals surface area contributed by atoms with Crippen LogP contribution in [0.25, 0.3) is 11.0 Å². The van der Waals surface area contributed by atoms with Crippen molar-refractivity contribution in [2.45, 2.75) is 20.8 Å². The van der Waals surface area contributed by atoms with Crippen molar-refractivity contribution >= 4 is 34.4 Å². The summed E-state index contributed by atoms with van der Waals surface area (Å²) in [6.07, 6.45) is 0. The lowest BCUT2D eigenvalue weighted by molar-refractivity contribution is 0.102. The van der Waals surface area contributed by atoms with Gasteiger partial charge in [0.05, 0.1) is 16.1 Å². The van der Waals surface area contributed by atoms with Crippen LogP contribution < -0.4 is 5.32 Å². The molecule has 0 atom stereocenters. The van der Waals surface area contributed by atoms with Crippen LogP contribution in [0.4, 0.5) is 5.82 Å². The number of hydrogen-bond donors (Lipinski definition) is 1. The molecule has 0 radical (unpaired) electrons. The van der Waals surface area contributed by atoms with Crippen LogP contribution in [-0.4, -0.2) is 20.7 Å². The number of benzene rings is 1. The number of pyridine rings is 1. The second-order valence-electron chi connectivity index (χ2n) is 5.63. The molecule has 23 heavy (non-hydrogen) atoms. The Kier molecular flexibility index (Phi) is 3.82. The number of anilines is 1. The van der Waals surface area contributed by atoms with Crippen LogP contribution in [0, 0.1) is 20.8 Å². The van der Waals surface area contributed by atoms with Crippen LogP contribution in [-0.2, 0) is 7.05 Å². The van der Waals surface area contributed by atoms with Crippen LogP contribution in [0.3, 0.4) is 0 Å². The molecular formula is C17H17ClN4O. The van der Waals surface area contributed by atoms with Gasteiger partial charge in [0.25, 0.3) is 5.91 Å². The molecule has 0 aliphatic heterocycles. The van der Waals surface area contributed by atoms with E-state index in [4.69, 9.17) is 11.6 Å². The number of amides is 1. The van der Waals surface area contributed by atoms with E-state index >= 15 is 0 Å². The van der Waals surface area contributed by atoms with Gasteiger partial charge in [-0.3, -0.25) is 4.79 Å². The smallest absolute Gasteiger partial charge is 0.256 e. The van der Waals surface area contributed by atoms with Crippen molar-refractivity contribution in [2.24, 2.45) is 7.05 Å². The van der Waals surface area contributed by atoms with Gasteiger partial charge in [0.1, 0.15) is 0 Å². The van der Waals surface area contributed by atoms with Gasteiger partial charge in [-0.2, -0.15) is 5.10 Å². The van der Waals surface area contributed by atoms with E-state index in [1.54, 1.807) is 23.9 Å². The normalized spacial score (nSPS) is 11.0.